The van der Waals surface area contributed by atoms with Crippen molar-refractivity contribution in [2.75, 3.05) is 13.1 Å². The lowest BCUT2D eigenvalue weighted by molar-refractivity contribution is -0.144. The predicted octanol–water partition coefficient (Wildman–Crippen LogP) is -0.813. The number of para-hydroxylation sites is 1. The van der Waals surface area contributed by atoms with E-state index in [0.29, 0.717) is 25.7 Å². The number of rotatable bonds is 15. The first-order valence-electron chi connectivity index (χ1n) is 14.2. The highest BCUT2D eigenvalue weighted by Crippen LogP contribution is 2.22. The van der Waals surface area contributed by atoms with Crippen LogP contribution in [-0.4, -0.2) is 87.9 Å². The number of benzene rings is 1. The maximum Gasteiger partial charge on any atom is 0.312 e. The van der Waals surface area contributed by atoms with Crippen molar-refractivity contribution >= 4 is 46.5 Å². The topological polar surface area (TPSA) is 256 Å². The molecule has 11 N–H and O–H groups in total. The molecule has 1 saturated heterocycles. The van der Waals surface area contributed by atoms with E-state index < -0.39 is 59.8 Å². The van der Waals surface area contributed by atoms with Crippen LogP contribution in [0.15, 0.2) is 30.5 Å². The monoisotopic (exact) mass is 600 g/mol. The Balaban J connectivity index is 1.80. The van der Waals surface area contributed by atoms with Crippen molar-refractivity contribution in [3.05, 3.63) is 36.0 Å². The average Bonchev–Trinajstić information content (AvgIpc) is 3.38. The zero-order chi connectivity index (χ0) is 31.5. The number of hydrogen-bond donors (Lipinski definition) is 8. The summed E-state index contributed by atoms with van der Waals surface area (Å²) in [5, 5.41) is 17.6. The van der Waals surface area contributed by atoms with Gasteiger partial charge in [-0.3, -0.25) is 24.0 Å². The fraction of sp³-hybridized carbons (Fsp3) is 0.500. The number of carboxylic acids is 1. The molecule has 1 aromatic carbocycles. The summed E-state index contributed by atoms with van der Waals surface area (Å²) >= 11 is 0. The molecule has 4 atom stereocenters. The van der Waals surface area contributed by atoms with Gasteiger partial charge in [0.15, 0.2) is 0 Å². The first kappa shape index (κ1) is 32.8. The molecule has 4 unspecified atom stereocenters. The molecule has 1 aliphatic rings. The van der Waals surface area contributed by atoms with E-state index in [2.05, 4.69) is 20.9 Å². The number of nitrogens with one attached hydrogen (secondary N) is 4. The lowest BCUT2D eigenvalue weighted by Gasteiger charge is -2.37. The predicted molar refractivity (Wildman–Crippen MR) is 156 cm³/mol. The van der Waals surface area contributed by atoms with Crippen molar-refractivity contribution in [3.8, 4) is 0 Å². The number of carbonyl (C=O) groups is 6. The normalized spacial score (nSPS) is 17.0. The SMILES string of the molecule is NC(=O)NCCCC(NC(=O)C(Cc1c[nH]c2ccccc12)NC(=O)C1CCCCN1C(=O)C(N)CCC(=O)O)C(N)=O. The fourth-order valence-electron chi connectivity index (χ4n) is 5.16. The van der Waals surface area contributed by atoms with Crippen molar-refractivity contribution in [1.82, 2.24) is 25.8 Å². The van der Waals surface area contributed by atoms with Crippen LogP contribution in [-0.2, 0) is 30.4 Å². The summed E-state index contributed by atoms with van der Waals surface area (Å²) < 4.78 is 0. The molecule has 0 aliphatic carbocycles. The molecule has 0 radical (unpaired) electrons. The minimum Gasteiger partial charge on any atom is -0.481 e. The number of urea groups is 1. The summed E-state index contributed by atoms with van der Waals surface area (Å²) in [7, 11) is 0. The summed E-state index contributed by atoms with van der Waals surface area (Å²) in [6.07, 6.45) is 3.50. The van der Waals surface area contributed by atoms with Crippen LogP contribution in [0.25, 0.3) is 10.9 Å². The zero-order valence-electron chi connectivity index (χ0n) is 23.8. The van der Waals surface area contributed by atoms with Crippen LogP contribution in [0.5, 0.6) is 0 Å². The van der Waals surface area contributed by atoms with Crippen LogP contribution in [0.4, 0.5) is 4.79 Å². The molecule has 0 bridgehead atoms. The molecule has 43 heavy (non-hydrogen) atoms. The van der Waals surface area contributed by atoms with E-state index in [1.807, 2.05) is 24.3 Å². The van der Waals surface area contributed by atoms with Crippen molar-refractivity contribution in [3.63, 3.8) is 0 Å². The maximum atomic E-state index is 13.6. The number of piperidine rings is 1. The summed E-state index contributed by atoms with van der Waals surface area (Å²) in [5.74, 6) is -3.63. The molecule has 2 aromatic rings. The van der Waals surface area contributed by atoms with E-state index in [1.54, 1.807) is 6.20 Å². The largest absolute Gasteiger partial charge is 0.481 e. The van der Waals surface area contributed by atoms with Crippen molar-refractivity contribution in [2.45, 2.75) is 75.5 Å². The van der Waals surface area contributed by atoms with E-state index in [4.69, 9.17) is 22.3 Å². The molecule has 3 rings (SSSR count). The van der Waals surface area contributed by atoms with E-state index in [9.17, 15) is 28.8 Å². The third kappa shape index (κ3) is 9.43. The van der Waals surface area contributed by atoms with Gasteiger partial charge >= 0.3 is 12.0 Å². The number of aromatic nitrogens is 1. The number of fused-ring (bicyclic) bond motifs is 1. The minimum atomic E-state index is -1.14. The second-order valence-corrected chi connectivity index (χ2v) is 10.6. The first-order chi connectivity index (χ1) is 20.5. The van der Waals surface area contributed by atoms with Crippen molar-refractivity contribution in [2.24, 2.45) is 17.2 Å². The highest BCUT2D eigenvalue weighted by molar-refractivity contribution is 5.95. The molecule has 1 fully saturated rings. The van der Waals surface area contributed by atoms with Gasteiger partial charge in [-0.15, -0.1) is 0 Å². The van der Waals surface area contributed by atoms with Crippen LogP contribution in [0.1, 0.15) is 50.5 Å². The van der Waals surface area contributed by atoms with Gasteiger partial charge in [0.05, 0.1) is 6.04 Å². The van der Waals surface area contributed by atoms with E-state index in [1.165, 1.54) is 4.90 Å². The number of hydrogen-bond acceptors (Lipinski definition) is 7. The Morgan fingerprint density at radius 3 is 2.47 bits per heavy atom. The number of carboxylic acid groups (broad SMARTS) is 1. The molecule has 0 saturated carbocycles. The number of likely N-dealkylation sites (tertiary alicyclic amines) is 1. The van der Waals surface area contributed by atoms with E-state index >= 15 is 0 Å². The summed E-state index contributed by atoms with van der Waals surface area (Å²) in [5.41, 5.74) is 18.1. The molecular formula is C28H40N8O7. The number of aromatic amines is 1. The maximum absolute atomic E-state index is 13.6. The number of primary amides is 2. The third-order valence-corrected chi connectivity index (χ3v) is 7.44. The van der Waals surface area contributed by atoms with Gasteiger partial charge in [0, 0.05) is 43.0 Å². The Hall–Kier alpha value is -4.66. The van der Waals surface area contributed by atoms with Gasteiger partial charge in [0.1, 0.15) is 18.1 Å². The lowest BCUT2D eigenvalue weighted by atomic mass is 9.98. The number of nitrogens with zero attached hydrogens (tertiary/aromatic N) is 1. The summed E-state index contributed by atoms with van der Waals surface area (Å²) in [6.45, 7) is 0.435. The molecule has 2 heterocycles. The smallest absolute Gasteiger partial charge is 0.312 e. The zero-order valence-corrected chi connectivity index (χ0v) is 23.8. The van der Waals surface area contributed by atoms with Crippen LogP contribution >= 0.6 is 0 Å². The Morgan fingerprint density at radius 2 is 1.77 bits per heavy atom. The fourth-order valence-corrected chi connectivity index (χ4v) is 5.16. The summed E-state index contributed by atoms with van der Waals surface area (Å²) in [6, 6.07) is 2.49. The van der Waals surface area contributed by atoms with Gasteiger partial charge in [0.2, 0.25) is 23.6 Å². The molecule has 6 amide bonds. The second-order valence-electron chi connectivity index (χ2n) is 10.6. The number of nitrogens with two attached hydrogens (primary N) is 3. The summed E-state index contributed by atoms with van der Waals surface area (Å²) in [4.78, 5) is 78.8. The van der Waals surface area contributed by atoms with Gasteiger partial charge in [-0.2, -0.15) is 0 Å². The van der Waals surface area contributed by atoms with Crippen molar-refractivity contribution in [1.29, 1.82) is 0 Å². The van der Waals surface area contributed by atoms with Crippen LogP contribution in [0.2, 0.25) is 0 Å². The van der Waals surface area contributed by atoms with Gasteiger partial charge in [-0.25, -0.2) is 4.79 Å². The Labute approximate surface area is 248 Å². The van der Waals surface area contributed by atoms with E-state index in [-0.39, 0.29) is 38.8 Å². The number of carbonyl (C=O) groups excluding carboxylic acids is 5. The molecule has 1 aliphatic heterocycles. The molecule has 1 aromatic heterocycles. The van der Waals surface area contributed by atoms with Gasteiger partial charge < -0.3 is 48.1 Å². The minimum absolute atomic E-state index is 0.0646. The first-order valence-corrected chi connectivity index (χ1v) is 14.2. The molecular weight excluding hydrogens is 560 g/mol. The molecule has 0 spiro atoms. The van der Waals surface area contributed by atoms with Gasteiger partial charge in [0.25, 0.3) is 0 Å². The standard InChI is InChI=1S/C28H40N8O7/c29-18(10-11-23(37)38)27(42)36-13-4-3-9-22(36)26(41)35-21(14-16-15-33-19-7-2-1-6-17(16)19)25(40)34-20(24(30)39)8-5-12-32-28(31)43/h1-2,6-7,15,18,20-22,33H,3-5,8-14,29H2,(H2,30,39)(H,34,40)(H,35,41)(H,37,38)(H3,31,32,43). The highest BCUT2D eigenvalue weighted by Gasteiger charge is 2.36. The van der Waals surface area contributed by atoms with Crippen molar-refractivity contribution < 1.29 is 33.9 Å². The molecule has 234 valence electrons. The highest BCUT2D eigenvalue weighted by atomic mass is 16.4. The van der Waals surface area contributed by atoms with Gasteiger partial charge in [-0.1, -0.05) is 18.2 Å². The molecule has 15 heteroatoms. The molecule has 15 nitrogen and oxygen atoms in total. The average molecular weight is 601 g/mol. The Bertz CT molecular complexity index is 1330. The van der Waals surface area contributed by atoms with Crippen LogP contribution < -0.4 is 33.2 Å². The lowest BCUT2D eigenvalue weighted by Crippen LogP contribution is -2.60. The quantitative estimate of drug-likeness (QED) is 0.120. The van der Waals surface area contributed by atoms with Gasteiger partial charge in [-0.05, 0) is 50.2 Å². The number of aliphatic carboxylic acids is 1. The second kappa shape index (κ2) is 15.5. The van der Waals surface area contributed by atoms with E-state index in [0.717, 1.165) is 16.5 Å². The Morgan fingerprint density at radius 1 is 1.02 bits per heavy atom. The third-order valence-electron chi connectivity index (χ3n) is 7.44. The Kier molecular flexibility index (Phi) is 11.9. The van der Waals surface area contributed by atoms with Crippen LogP contribution in [0.3, 0.4) is 0 Å². The number of amides is 6. The van der Waals surface area contributed by atoms with Crippen LogP contribution in [0, 0.1) is 0 Å². The number of H-pyrrole nitrogens is 1.